The van der Waals surface area contributed by atoms with E-state index in [4.69, 9.17) is 34.8 Å². The summed E-state index contributed by atoms with van der Waals surface area (Å²) in [6.45, 7) is 1.73. The predicted octanol–water partition coefficient (Wildman–Crippen LogP) is 4.74. The highest BCUT2D eigenvalue weighted by Gasteiger charge is 2.25. The molecule has 0 saturated heterocycles. The predicted molar refractivity (Wildman–Crippen MR) is 79.7 cm³/mol. The van der Waals surface area contributed by atoms with E-state index < -0.39 is 0 Å². The van der Waals surface area contributed by atoms with Crippen molar-refractivity contribution in [3.8, 4) is 0 Å². The van der Waals surface area contributed by atoms with Crippen LogP contribution in [0, 0.1) is 11.8 Å². The molecule has 1 fully saturated rings. The highest BCUT2D eigenvalue weighted by molar-refractivity contribution is 6.35. The van der Waals surface area contributed by atoms with Crippen molar-refractivity contribution in [2.24, 2.45) is 11.8 Å². The van der Waals surface area contributed by atoms with Crippen LogP contribution in [0.2, 0.25) is 10.0 Å². The highest BCUT2D eigenvalue weighted by atomic mass is 35.5. The standard InChI is InChI=1S/C14H18Cl3N/c15-7-10-3-1-4-11(10)8-18-9-12-13(16)5-2-6-14(12)17/h2,5-6,10-11,18H,1,3-4,7-9H2. The Labute approximate surface area is 124 Å². The van der Waals surface area contributed by atoms with Gasteiger partial charge in [0.25, 0.3) is 0 Å². The Morgan fingerprint density at radius 1 is 1.11 bits per heavy atom. The molecule has 4 heteroatoms. The summed E-state index contributed by atoms with van der Waals surface area (Å²) in [5.41, 5.74) is 0.987. The third-order valence-electron chi connectivity index (χ3n) is 3.78. The Kier molecular flexibility index (Phi) is 5.62. The van der Waals surface area contributed by atoms with Crippen LogP contribution in [-0.2, 0) is 6.54 Å². The topological polar surface area (TPSA) is 12.0 Å². The molecule has 0 aromatic heterocycles. The van der Waals surface area contributed by atoms with Crippen LogP contribution in [0.1, 0.15) is 24.8 Å². The first-order valence-corrected chi connectivity index (χ1v) is 7.71. The Morgan fingerprint density at radius 3 is 2.44 bits per heavy atom. The van der Waals surface area contributed by atoms with Gasteiger partial charge < -0.3 is 5.32 Å². The van der Waals surface area contributed by atoms with Crippen LogP contribution < -0.4 is 5.32 Å². The molecule has 18 heavy (non-hydrogen) atoms. The minimum absolute atomic E-state index is 0.667. The molecule has 2 rings (SSSR count). The van der Waals surface area contributed by atoms with Gasteiger partial charge in [-0.1, -0.05) is 35.7 Å². The van der Waals surface area contributed by atoms with Gasteiger partial charge in [-0.05, 0) is 43.4 Å². The van der Waals surface area contributed by atoms with E-state index in [1.807, 2.05) is 18.2 Å². The lowest BCUT2D eigenvalue weighted by Gasteiger charge is -2.18. The summed E-state index contributed by atoms with van der Waals surface area (Å²) in [5, 5.41) is 4.93. The van der Waals surface area contributed by atoms with Crippen molar-refractivity contribution in [3.05, 3.63) is 33.8 Å². The van der Waals surface area contributed by atoms with Crippen molar-refractivity contribution >= 4 is 34.8 Å². The zero-order valence-electron chi connectivity index (χ0n) is 10.3. The first-order chi connectivity index (χ1) is 8.72. The third kappa shape index (κ3) is 3.54. The van der Waals surface area contributed by atoms with Gasteiger partial charge in [0.15, 0.2) is 0 Å². The summed E-state index contributed by atoms with van der Waals surface area (Å²) < 4.78 is 0. The molecule has 0 amide bonds. The molecule has 0 aliphatic heterocycles. The Hall–Kier alpha value is 0.0500. The Bertz CT molecular complexity index is 374. The minimum Gasteiger partial charge on any atom is -0.312 e. The largest absolute Gasteiger partial charge is 0.312 e. The smallest absolute Gasteiger partial charge is 0.0465 e. The van der Waals surface area contributed by atoms with Gasteiger partial charge in [-0.3, -0.25) is 0 Å². The minimum atomic E-state index is 0.667. The van der Waals surface area contributed by atoms with Crippen LogP contribution in [0.15, 0.2) is 18.2 Å². The average Bonchev–Trinajstić information content (AvgIpc) is 2.80. The first-order valence-electron chi connectivity index (χ1n) is 6.42. The number of alkyl halides is 1. The fourth-order valence-electron chi connectivity index (χ4n) is 2.67. The van der Waals surface area contributed by atoms with Gasteiger partial charge in [-0.2, -0.15) is 0 Å². The molecule has 1 N–H and O–H groups in total. The fourth-order valence-corrected chi connectivity index (χ4v) is 3.61. The van der Waals surface area contributed by atoms with Crippen molar-refractivity contribution in [2.75, 3.05) is 12.4 Å². The number of hydrogen-bond acceptors (Lipinski definition) is 1. The van der Waals surface area contributed by atoms with E-state index in [0.717, 1.165) is 34.6 Å². The van der Waals surface area contributed by atoms with Crippen molar-refractivity contribution < 1.29 is 0 Å². The summed E-state index contributed by atoms with van der Waals surface area (Å²) in [6, 6.07) is 5.62. The van der Waals surface area contributed by atoms with Gasteiger partial charge in [0.05, 0.1) is 0 Å². The van der Waals surface area contributed by atoms with E-state index in [0.29, 0.717) is 11.8 Å². The number of hydrogen-bond donors (Lipinski definition) is 1. The molecule has 0 spiro atoms. The van der Waals surface area contributed by atoms with Gasteiger partial charge in [-0.15, -0.1) is 11.6 Å². The van der Waals surface area contributed by atoms with Gasteiger partial charge in [0, 0.05) is 28.0 Å². The highest BCUT2D eigenvalue weighted by Crippen LogP contribution is 2.32. The molecule has 1 nitrogen and oxygen atoms in total. The first kappa shape index (κ1) is 14.5. The monoisotopic (exact) mass is 305 g/mol. The normalized spacial score (nSPS) is 23.5. The zero-order chi connectivity index (χ0) is 13.0. The van der Waals surface area contributed by atoms with Crippen LogP contribution in [0.25, 0.3) is 0 Å². The lowest BCUT2D eigenvalue weighted by molar-refractivity contribution is 0.395. The van der Waals surface area contributed by atoms with Gasteiger partial charge >= 0.3 is 0 Å². The summed E-state index contributed by atoms with van der Waals surface area (Å²) >= 11 is 18.2. The van der Waals surface area contributed by atoms with E-state index in [1.54, 1.807) is 0 Å². The molecular weight excluding hydrogens is 289 g/mol. The van der Waals surface area contributed by atoms with Crippen molar-refractivity contribution in [1.82, 2.24) is 5.32 Å². The van der Waals surface area contributed by atoms with E-state index in [9.17, 15) is 0 Å². The molecule has 1 saturated carbocycles. The maximum absolute atomic E-state index is 6.14. The van der Waals surface area contributed by atoms with E-state index in [2.05, 4.69) is 5.32 Å². The zero-order valence-corrected chi connectivity index (χ0v) is 12.5. The van der Waals surface area contributed by atoms with Gasteiger partial charge in [0.1, 0.15) is 0 Å². The number of halogens is 3. The second-order valence-electron chi connectivity index (χ2n) is 4.94. The van der Waals surface area contributed by atoms with Crippen LogP contribution in [0.5, 0.6) is 0 Å². The second kappa shape index (κ2) is 7.00. The van der Waals surface area contributed by atoms with Crippen LogP contribution in [0.4, 0.5) is 0 Å². The van der Waals surface area contributed by atoms with Gasteiger partial charge in [0.2, 0.25) is 0 Å². The third-order valence-corrected chi connectivity index (χ3v) is 4.89. The molecule has 2 unspecified atom stereocenters. The molecule has 1 aliphatic rings. The van der Waals surface area contributed by atoms with E-state index in [-0.39, 0.29) is 0 Å². The Morgan fingerprint density at radius 2 is 1.78 bits per heavy atom. The van der Waals surface area contributed by atoms with Crippen LogP contribution >= 0.6 is 34.8 Å². The summed E-state index contributed by atoms with van der Waals surface area (Å²) in [4.78, 5) is 0. The number of rotatable bonds is 5. The molecule has 0 bridgehead atoms. The number of benzene rings is 1. The van der Waals surface area contributed by atoms with Crippen LogP contribution in [-0.4, -0.2) is 12.4 Å². The molecule has 1 aromatic carbocycles. The summed E-state index contributed by atoms with van der Waals surface area (Å²) in [6.07, 6.45) is 3.85. The molecular formula is C14H18Cl3N. The fraction of sp³-hybridized carbons (Fsp3) is 0.571. The molecule has 1 aromatic rings. The molecule has 0 radical (unpaired) electrons. The SMILES string of the molecule is ClCC1CCCC1CNCc1c(Cl)cccc1Cl. The second-order valence-corrected chi connectivity index (χ2v) is 6.06. The van der Waals surface area contributed by atoms with Gasteiger partial charge in [-0.25, -0.2) is 0 Å². The van der Waals surface area contributed by atoms with E-state index in [1.165, 1.54) is 19.3 Å². The average molecular weight is 307 g/mol. The molecule has 2 atom stereocenters. The lowest BCUT2D eigenvalue weighted by atomic mass is 9.98. The molecule has 0 heterocycles. The van der Waals surface area contributed by atoms with E-state index >= 15 is 0 Å². The molecule has 100 valence electrons. The van der Waals surface area contributed by atoms with Crippen molar-refractivity contribution in [2.45, 2.75) is 25.8 Å². The van der Waals surface area contributed by atoms with Crippen molar-refractivity contribution in [3.63, 3.8) is 0 Å². The molecule has 1 aliphatic carbocycles. The quantitative estimate of drug-likeness (QED) is 0.775. The van der Waals surface area contributed by atoms with Crippen LogP contribution in [0.3, 0.4) is 0 Å². The summed E-state index contributed by atoms with van der Waals surface area (Å²) in [7, 11) is 0. The summed E-state index contributed by atoms with van der Waals surface area (Å²) in [5.74, 6) is 2.14. The lowest BCUT2D eigenvalue weighted by Crippen LogP contribution is -2.25. The maximum atomic E-state index is 6.14. The Balaban J connectivity index is 1.85. The maximum Gasteiger partial charge on any atom is 0.0465 e. The number of nitrogens with one attached hydrogen (secondary N) is 1. The van der Waals surface area contributed by atoms with Crippen molar-refractivity contribution in [1.29, 1.82) is 0 Å².